The summed E-state index contributed by atoms with van der Waals surface area (Å²) < 4.78 is 10.1. The third kappa shape index (κ3) is 5.22. The molecule has 0 aliphatic heterocycles. The summed E-state index contributed by atoms with van der Waals surface area (Å²) in [5.74, 6) is 0.973. The molecule has 6 heteroatoms. The van der Waals surface area contributed by atoms with Crippen LogP contribution in [0.3, 0.4) is 0 Å². The molecule has 1 fully saturated rings. The largest absolute Gasteiger partial charge is 0.487 e. The van der Waals surface area contributed by atoms with Crippen molar-refractivity contribution in [2.75, 3.05) is 0 Å². The molecular weight excluding hydrogens is 430 g/mol. The molecule has 0 N–H and O–H groups in total. The molecule has 1 aliphatic carbocycles. The van der Waals surface area contributed by atoms with E-state index < -0.39 is 0 Å². The van der Waals surface area contributed by atoms with Crippen molar-refractivity contribution in [1.29, 1.82) is 0 Å². The van der Waals surface area contributed by atoms with Gasteiger partial charge in [-0.15, -0.1) is 11.3 Å². The molecule has 4 aromatic rings. The number of carbonyl (C=O) groups excluding carboxylic acids is 1. The van der Waals surface area contributed by atoms with E-state index in [-0.39, 0.29) is 5.78 Å². The summed E-state index contributed by atoms with van der Waals surface area (Å²) in [6, 6.07) is 20.3. The Morgan fingerprint density at radius 3 is 2.70 bits per heavy atom. The second kappa shape index (κ2) is 10.1. The molecule has 168 valence electrons. The maximum Gasteiger partial charge on any atom is 0.237 e. The zero-order valence-corrected chi connectivity index (χ0v) is 19.4. The van der Waals surface area contributed by atoms with Crippen LogP contribution >= 0.6 is 11.3 Å². The minimum atomic E-state index is 0.130. The van der Waals surface area contributed by atoms with Gasteiger partial charge in [0.2, 0.25) is 12.3 Å². The lowest BCUT2D eigenvalue weighted by Crippen LogP contribution is -2.37. The van der Waals surface area contributed by atoms with E-state index in [1.807, 2.05) is 64.7 Å². The maximum absolute atomic E-state index is 12.6. The van der Waals surface area contributed by atoms with Crippen molar-refractivity contribution in [3.63, 3.8) is 0 Å². The van der Waals surface area contributed by atoms with Crippen LogP contribution in [-0.2, 0) is 13.2 Å². The molecule has 3 heterocycles. The fourth-order valence-corrected chi connectivity index (χ4v) is 5.12. The second-order valence-electron chi connectivity index (χ2n) is 8.52. The van der Waals surface area contributed by atoms with Crippen molar-refractivity contribution in [2.24, 2.45) is 0 Å². The van der Waals surface area contributed by atoms with Gasteiger partial charge < -0.3 is 4.74 Å². The highest BCUT2D eigenvalue weighted by molar-refractivity contribution is 7.12. The monoisotopic (exact) mass is 458 g/mol. The van der Waals surface area contributed by atoms with E-state index in [0.29, 0.717) is 19.2 Å². The first-order valence-corrected chi connectivity index (χ1v) is 12.5. The number of para-hydroxylation sites is 1. The molecule has 0 amide bonds. The zero-order chi connectivity index (χ0) is 22.5. The molecule has 33 heavy (non-hydrogen) atoms. The number of thiophene rings is 1. The third-order valence-electron chi connectivity index (χ3n) is 6.11. The number of hydrogen-bond acceptors (Lipinski definition) is 4. The summed E-state index contributed by atoms with van der Waals surface area (Å²) in [4.78, 5) is 13.4. The van der Waals surface area contributed by atoms with Crippen LogP contribution in [0.5, 0.6) is 5.75 Å². The van der Waals surface area contributed by atoms with Crippen LogP contribution in [-0.4, -0.2) is 15.6 Å². The average Bonchev–Trinajstić information content (AvgIpc) is 3.55. The molecule has 0 atom stereocenters. The Labute approximate surface area is 198 Å². The highest BCUT2D eigenvalue weighted by Crippen LogP contribution is 2.32. The van der Waals surface area contributed by atoms with E-state index in [4.69, 9.17) is 9.84 Å². The Bertz CT molecular complexity index is 1200. The number of ether oxygens (including phenoxy) is 1. The highest BCUT2D eigenvalue weighted by atomic mass is 32.1. The minimum Gasteiger partial charge on any atom is -0.487 e. The van der Waals surface area contributed by atoms with Gasteiger partial charge in [0.1, 0.15) is 18.1 Å². The van der Waals surface area contributed by atoms with Crippen LogP contribution in [0.4, 0.5) is 0 Å². The van der Waals surface area contributed by atoms with Crippen LogP contribution in [0.2, 0.25) is 0 Å². The van der Waals surface area contributed by atoms with Crippen molar-refractivity contribution in [1.82, 2.24) is 9.78 Å². The van der Waals surface area contributed by atoms with E-state index in [9.17, 15) is 4.79 Å². The SMILES string of the molecule is O=C(C[n+]1cccc(-c2cc(COc3ccccc3)nn2C2CCCCC2)c1)c1cccs1. The number of ketones is 1. The molecule has 1 saturated carbocycles. The second-order valence-corrected chi connectivity index (χ2v) is 9.47. The summed E-state index contributed by atoms with van der Waals surface area (Å²) in [5.41, 5.74) is 3.08. The first kappa shape index (κ1) is 21.6. The Morgan fingerprint density at radius 1 is 1.06 bits per heavy atom. The van der Waals surface area contributed by atoms with Gasteiger partial charge >= 0.3 is 0 Å². The predicted octanol–water partition coefficient (Wildman–Crippen LogP) is 5.87. The van der Waals surface area contributed by atoms with Crippen LogP contribution in [0.25, 0.3) is 11.3 Å². The van der Waals surface area contributed by atoms with Gasteiger partial charge in [0, 0.05) is 6.07 Å². The molecule has 0 radical (unpaired) electrons. The fraction of sp³-hybridized carbons (Fsp3) is 0.296. The van der Waals surface area contributed by atoms with Crippen molar-refractivity contribution in [3.8, 4) is 17.0 Å². The Kier molecular flexibility index (Phi) is 6.63. The van der Waals surface area contributed by atoms with Crippen LogP contribution < -0.4 is 9.30 Å². The minimum absolute atomic E-state index is 0.130. The lowest BCUT2D eigenvalue weighted by Gasteiger charge is -2.23. The molecular formula is C27H28N3O2S+. The first-order valence-electron chi connectivity index (χ1n) is 11.6. The number of carbonyl (C=O) groups is 1. The van der Waals surface area contributed by atoms with Crippen molar-refractivity contribution < 1.29 is 14.1 Å². The zero-order valence-electron chi connectivity index (χ0n) is 18.6. The van der Waals surface area contributed by atoms with Crippen LogP contribution in [0.1, 0.15) is 53.5 Å². The number of hydrogen-bond donors (Lipinski definition) is 0. The van der Waals surface area contributed by atoms with E-state index in [2.05, 4.69) is 23.0 Å². The molecule has 0 saturated heterocycles. The summed E-state index contributed by atoms with van der Waals surface area (Å²) in [5, 5.41) is 6.91. The summed E-state index contributed by atoms with van der Waals surface area (Å²) in [7, 11) is 0. The highest BCUT2D eigenvalue weighted by Gasteiger charge is 2.22. The standard InChI is InChI=1S/C27H28N3O2S/c31-26(27-14-8-16-33-27)19-29-15-7-9-21(18-29)25-17-22(20-32-24-12-5-2-6-13-24)28-30(25)23-10-3-1-4-11-23/h2,5-9,12-18,23H,1,3-4,10-11,19-20H2/q+1. The molecule has 1 aromatic carbocycles. The lowest BCUT2D eigenvalue weighted by molar-refractivity contribution is -0.682. The molecule has 5 nitrogen and oxygen atoms in total. The molecule has 0 spiro atoms. The molecule has 1 aliphatic rings. The van der Waals surface area contributed by atoms with Crippen LogP contribution in [0.15, 0.2) is 78.4 Å². The Morgan fingerprint density at radius 2 is 1.91 bits per heavy atom. The Balaban J connectivity index is 1.41. The van der Waals surface area contributed by atoms with E-state index >= 15 is 0 Å². The number of aromatic nitrogens is 3. The maximum atomic E-state index is 12.6. The molecule has 5 rings (SSSR count). The molecule has 3 aromatic heterocycles. The van der Waals surface area contributed by atoms with Gasteiger partial charge in [-0.25, -0.2) is 0 Å². The average molecular weight is 459 g/mol. The van der Waals surface area contributed by atoms with E-state index in [1.165, 1.54) is 30.6 Å². The van der Waals surface area contributed by atoms with Gasteiger partial charge in [0.25, 0.3) is 0 Å². The summed E-state index contributed by atoms with van der Waals surface area (Å²) in [6.45, 7) is 0.760. The van der Waals surface area contributed by atoms with Gasteiger partial charge in [-0.3, -0.25) is 9.48 Å². The van der Waals surface area contributed by atoms with Crippen LogP contribution in [0, 0.1) is 0 Å². The van der Waals surface area contributed by atoms with Gasteiger partial charge in [0.05, 0.1) is 22.2 Å². The predicted molar refractivity (Wildman–Crippen MR) is 129 cm³/mol. The number of nitrogens with zero attached hydrogens (tertiary/aromatic N) is 3. The van der Waals surface area contributed by atoms with E-state index in [1.54, 1.807) is 0 Å². The quantitative estimate of drug-likeness (QED) is 0.245. The van der Waals surface area contributed by atoms with Gasteiger partial charge in [-0.05, 0) is 48.6 Å². The normalized spacial score (nSPS) is 14.3. The topological polar surface area (TPSA) is 48.0 Å². The van der Waals surface area contributed by atoms with Gasteiger partial charge in [-0.2, -0.15) is 9.67 Å². The van der Waals surface area contributed by atoms with Gasteiger partial charge in [-0.1, -0.05) is 43.5 Å². The van der Waals surface area contributed by atoms with Crippen molar-refractivity contribution >= 4 is 17.1 Å². The Hall–Kier alpha value is -3.25. The number of Topliss-reactive ketones (excluding diaryl/α,β-unsaturated/α-hetero) is 1. The fourth-order valence-electron chi connectivity index (χ4n) is 4.46. The summed E-state index contributed by atoms with van der Waals surface area (Å²) >= 11 is 1.49. The first-order chi connectivity index (χ1) is 16.3. The molecule has 0 bridgehead atoms. The third-order valence-corrected chi connectivity index (χ3v) is 7.02. The number of benzene rings is 1. The van der Waals surface area contributed by atoms with Crippen molar-refractivity contribution in [3.05, 3.63) is 89.0 Å². The summed E-state index contributed by atoms with van der Waals surface area (Å²) in [6.07, 6.45) is 10.1. The molecule has 0 unspecified atom stereocenters. The number of rotatable bonds is 8. The van der Waals surface area contributed by atoms with E-state index in [0.717, 1.165) is 40.4 Å². The smallest absolute Gasteiger partial charge is 0.237 e. The number of pyridine rings is 1. The van der Waals surface area contributed by atoms with Crippen molar-refractivity contribution in [2.45, 2.75) is 51.3 Å². The van der Waals surface area contributed by atoms with Gasteiger partial charge in [0.15, 0.2) is 12.4 Å². The lowest BCUT2D eigenvalue weighted by atomic mass is 9.95.